The van der Waals surface area contributed by atoms with Crippen LogP contribution in [0.5, 0.6) is 0 Å². The van der Waals surface area contributed by atoms with Crippen molar-refractivity contribution in [1.29, 1.82) is 0 Å². The molecular weight excluding hydrogens is 214 g/mol. The van der Waals surface area contributed by atoms with Crippen molar-refractivity contribution in [3.8, 4) is 0 Å². The minimum absolute atomic E-state index is 0.244. The second-order valence-corrected chi connectivity index (χ2v) is 5.30. The van der Waals surface area contributed by atoms with Crippen LogP contribution in [0.4, 0.5) is 4.79 Å². The van der Waals surface area contributed by atoms with E-state index >= 15 is 0 Å². The van der Waals surface area contributed by atoms with Crippen molar-refractivity contribution in [2.24, 2.45) is 5.92 Å². The summed E-state index contributed by atoms with van der Waals surface area (Å²) in [7, 11) is -1.39. The second kappa shape index (κ2) is 6.23. The molecule has 1 unspecified atom stereocenters. The largest absolute Gasteiger partial charge is 0.396 e. The Morgan fingerprint density at radius 2 is 1.93 bits per heavy atom. The van der Waals surface area contributed by atoms with E-state index < -0.39 is 10.8 Å². The molecule has 0 saturated carbocycles. The molecule has 0 bridgehead atoms. The average molecular weight is 233 g/mol. The fourth-order valence-electron chi connectivity index (χ4n) is 1.94. The first-order valence-electron chi connectivity index (χ1n) is 5.38. The molecule has 5 heteroatoms. The van der Waals surface area contributed by atoms with Crippen LogP contribution < -0.4 is 0 Å². The highest BCUT2D eigenvalue weighted by Crippen LogP contribution is 2.17. The monoisotopic (exact) mass is 233 g/mol. The van der Waals surface area contributed by atoms with Gasteiger partial charge in [-0.1, -0.05) is 0 Å². The molecule has 1 heterocycles. The number of rotatable bonds is 1. The van der Waals surface area contributed by atoms with Crippen molar-refractivity contribution in [2.75, 3.05) is 26.0 Å². The first-order chi connectivity index (χ1) is 7.15. The smallest absolute Gasteiger partial charge is 0.311 e. The summed E-state index contributed by atoms with van der Waals surface area (Å²) < 4.78 is 11.0. The van der Waals surface area contributed by atoms with Gasteiger partial charge in [-0.3, -0.25) is 4.79 Å². The number of aliphatic hydroxyl groups excluding tert-OH is 1. The van der Waals surface area contributed by atoms with Crippen LogP contribution in [-0.2, 0) is 10.8 Å². The van der Waals surface area contributed by atoms with E-state index in [1.54, 1.807) is 4.90 Å². The van der Waals surface area contributed by atoms with E-state index in [0.717, 1.165) is 25.7 Å². The van der Waals surface area contributed by atoms with Gasteiger partial charge >= 0.3 is 5.24 Å². The Hall–Kier alpha value is -0.420. The lowest BCUT2D eigenvalue weighted by molar-refractivity contribution is 0.176. The van der Waals surface area contributed by atoms with E-state index in [9.17, 15) is 9.00 Å². The van der Waals surface area contributed by atoms with Gasteiger partial charge < -0.3 is 10.0 Å². The van der Waals surface area contributed by atoms with Crippen LogP contribution in [0.3, 0.4) is 0 Å². The molecule has 0 radical (unpaired) electrons. The number of aliphatic hydroxyl groups is 1. The number of carbonyl (C=O) groups is 1. The number of amides is 1. The van der Waals surface area contributed by atoms with Crippen LogP contribution in [0, 0.1) is 5.92 Å². The molecule has 1 rings (SSSR count). The molecule has 0 aliphatic carbocycles. The van der Waals surface area contributed by atoms with Crippen LogP contribution in [0.15, 0.2) is 0 Å². The van der Waals surface area contributed by atoms with Crippen LogP contribution >= 0.6 is 0 Å². The SMILES string of the molecule is CS(=O)C(=O)N1CCCC(CO)CCC1. The minimum atomic E-state index is -1.39. The van der Waals surface area contributed by atoms with E-state index in [-0.39, 0.29) is 11.8 Å². The van der Waals surface area contributed by atoms with E-state index in [2.05, 4.69) is 0 Å². The molecular formula is C10H19NO3S. The Morgan fingerprint density at radius 3 is 2.33 bits per heavy atom. The number of hydrogen-bond acceptors (Lipinski definition) is 3. The van der Waals surface area contributed by atoms with Gasteiger partial charge in [-0.05, 0) is 31.6 Å². The Balaban J connectivity index is 2.44. The fourth-order valence-corrected chi connectivity index (χ4v) is 2.49. The Labute approximate surface area is 93.1 Å². The Morgan fingerprint density at radius 1 is 1.40 bits per heavy atom. The third-order valence-electron chi connectivity index (χ3n) is 2.84. The molecule has 1 N–H and O–H groups in total. The van der Waals surface area contributed by atoms with Crippen molar-refractivity contribution in [3.63, 3.8) is 0 Å². The molecule has 1 fully saturated rings. The van der Waals surface area contributed by atoms with E-state index in [4.69, 9.17) is 5.11 Å². The lowest BCUT2D eigenvalue weighted by Crippen LogP contribution is -2.35. The summed E-state index contributed by atoms with van der Waals surface area (Å²) in [5.41, 5.74) is 0. The molecule has 15 heavy (non-hydrogen) atoms. The maximum absolute atomic E-state index is 11.5. The van der Waals surface area contributed by atoms with Gasteiger partial charge in [-0.2, -0.15) is 0 Å². The third kappa shape index (κ3) is 3.91. The van der Waals surface area contributed by atoms with E-state index in [1.807, 2.05) is 0 Å². The summed E-state index contributed by atoms with van der Waals surface area (Å²) in [5, 5.41) is 8.79. The summed E-state index contributed by atoms with van der Waals surface area (Å²) >= 11 is 0. The van der Waals surface area contributed by atoms with Crippen LogP contribution in [0.2, 0.25) is 0 Å². The van der Waals surface area contributed by atoms with Crippen LogP contribution in [-0.4, -0.2) is 45.4 Å². The summed E-state index contributed by atoms with van der Waals surface area (Å²) in [6, 6.07) is 0. The topological polar surface area (TPSA) is 57.6 Å². The van der Waals surface area contributed by atoms with Crippen molar-refractivity contribution < 1.29 is 14.1 Å². The van der Waals surface area contributed by atoms with Gasteiger partial charge in [-0.15, -0.1) is 0 Å². The number of nitrogens with zero attached hydrogens (tertiary/aromatic N) is 1. The van der Waals surface area contributed by atoms with Crippen LogP contribution in [0.1, 0.15) is 25.7 Å². The van der Waals surface area contributed by atoms with Gasteiger partial charge in [0.1, 0.15) is 10.8 Å². The highest BCUT2D eigenvalue weighted by atomic mass is 32.2. The maximum atomic E-state index is 11.5. The second-order valence-electron chi connectivity index (χ2n) is 4.04. The zero-order chi connectivity index (χ0) is 11.3. The van der Waals surface area contributed by atoms with E-state index in [1.165, 1.54) is 6.26 Å². The predicted octanol–water partition coefficient (Wildman–Crippen LogP) is 0.969. The van der Waals surface area contributed by atoms with Gasteiger partial charge in [0.15, 0.2) is 0 Å². The molecule has 88 valence electrons. The van der Waals surface area contributed by atoms with Crippen LogP contribution in [0.25, 0.3) is 0 Å². The lowest BCUT2D eigenvalue weighted by atomic mass is 9.96. The summed E-state index contributed by atoms with van der Waals surface area (Å²) in [6.07, 6.45) is 5.13. The standard InChI is InChI=1S/C10H19NO3S/c1-15(14)10(13)11-6-2-4-9(8-12)5-3-7-11/h9,12H,2-8H2,1H3. The van der Waals surface area contributed by atoms with Crippen molar-refractivity contribution in [3.05, 3.63) is 0 Å². The van der Waals surface area contributed by atoms with Crippen molar-refractivity contribution in [1.82, 2.24) is 4.90 Å². The molecule has 1 atom stereocenters. The predicted molar refractivity (Wildman–Crippen MR) is 60.1 cm³/mol. The highest BCUT2D eigenvalue weighted by molar-refractivity contribution is 7.99. The molecule has 0 aromatic carbocycles. The zero-order valence-electron chi connectivity index (χ0n) is 9.15. The highest BCUT2D eigenvalue weighted by Gasteiger charge is 2.20. The number of hydrogen-bond donors (Lipinski definition) is 1. The van der Waals surface area contributed by atoms with Gasteiger partial charge in [0, 0.05) is 26.0 Å². The Bertz CT molecular complexity index is 235. The summed E-state index contributed by atoms with van der Waals surface area (Å²) in [6.45, 7) is 1.59. The van der Waals surface area contributed by atoms with E-state index in [0.29, 0.717) is 19.0 Å². The molecule has 1 aliphatic rings. The molecule has 1 saturated heterocycles. The molecule has 0 spiro atoms. The number of carbonyl (C=O) groups excluding carboxylic acids is 1. The number of likely N-dealkylation sites (tertiary alicyclic amines) is 1. The van der Waals surface area contributed by atoms with Crippen molar-refractivity contribution >= 4 is 16.0 Å². The first-order valence-corrected chi connectivity index (χ1v) is 6.94. The maximum Gasteiger partial charge on any atom is 0.311 e. The molecule has 4 nitrogen and oxygen atoms in total. The lowest BCUT2D eigenvalue weighted by Gasteiger charge is -2.26. The van der Waals surface area contributed by atoms with Gasteiger partial charge in [-0.25, -0.2) is 4.21 Å². The summed E-state index contributed by atoms with van der Waals surface area (Å²) in [4.78, 5) is 13.2. The molecule has 1 aliphatic heterocycles. The normalized spacial score (nSPS) is 21.9. The summed E-state index contributed by atoms with van der Waals surface area (Å²) in [5.74, 6) is 0.384. The Kier molecular flexibility index (Phi) is 5.25. The molecule has 1 amide bonds. The van der Waals surface area contributed by atoms with Gasteiger partial charge in [0.25, 0.3) is 0 Å². The van der Waals surface area contributed by atoms with Gasteiger partial charge in [0.05, 0.1) is 0 Å². The molecule has 0 aromatic rings. The minimum Gasteiger partial charge on any atom is -0.396 e. The van der Waals surface area contributed by atoms with Crippen molar-refractivity contribution in [2.45, 2.75) is 25.7 Å². The quantitative estimate of drug-likeness (QED) is 0.734. The zero-order valence-corrected chi connectivity index (χ0v) is 9.96. The average Bonchev–Trinajstić information content (AvgIpc) is 2.16. The van der Waals surface area contributed by atoms with Gasteiger partial charge in [0.2, 0.25) is 0 Å². The fraction of sp³-hybridized carbons (Fsp3) is 0.900. The third-order valence-corrected chi connectivity index (χ3v) is 3.59. The first kappa shape index (κ1) is 12.6. The molecule has 0 aromatic heterocycles.